The summed E-state index contributed by atoms with van der Waals surface area (Å²) in [6.07, 6.45) is 12.8. The van der Waals surface area contributed by atoms with Crippen LogP contribution in [0, 0.1) is 0 Å². The van der Waals surface area contributed by atoms with Gasteiger partial charge in [0.15, 0.2) is 0 Å². The third-order valence-corrected chi connectivity index (χ3v) is 5.69. The van der Waals surface area contributed by atoms with Crippen LogP contribution in [0.25, 0.3) is 0 Å². The Morgan fingerprint density at radius 3 is 2.09 bits per heavy atom. The topological polar surface area (TPSA) is 110 Å². The summed E-state index contributed by atoms with van der Waals surface area (Å²) in [6.45, 7) is 0.832. The monoisotopic (exact) mass is 454 g/mol. The van der Waals surface area contributed by atoms with E-state index in [1.165, 1.54) is 44.1 Å². The molecule has 2 rings (SSSR count). The number of carbonyl (C=O) groups is 2. The van der Waals surface area contributed by atoms with E-state index in [2.05, 4.69) is 45.2 Å². The lowest BCUT2D eigenvalue weighted by molar-refractivity contribution is -0.360. The van der Waals surface area contributed by atoms with Crippen molar-refractivity contribution < 1.29 is 14.6 Å². The van der Waals surface area contributed by atoms with Crippen LogP contribution in [-0.2, 0) is 11.2 Å². The van der Waals surface area contributed by atoms with E-state index in [4.69, 9.17) is 5.73 Å². The van der Waals surface area contributed by atoms with Gasteiger partial charge >= 0.3 is 0 Å². The Bertz CT molecular complexity index is 822. The highest BCUT2D eigenvalue weighted by atomic mass is 16.2. The Labute approximate surface area is 197 Å². The summed E-state index contributed by atoms with van der Waals surface area (Å²) in [6, 6.07) is 12.0. The van der Waals surface area contributed by atoms with E-state index in [1.54, 1.807) is 18.3 Å². The van der Waals surface area contributed by atoms with Gasteiger partial charge in [-0.2, -0.15) is 0 Å². The molecule has 0 aliphatic rings. The van der Waals surface area contributed by atoms with Gasteiger partial charge in [0.25, 0.3) is 11.7 Å². The molecule has 0 unspecified atom stereocenters. The highest BCUT2D eigenvalue weighted by Gasteiger charge is 2.07. The molecule has 33 heavy (non-hydrogen) atoms. The lowest BCUT2D eigenvalue weighted by Gasteiger charge is -2.07. The van der Waals surface area contributed by atoms with E-state index in [1.807, 2.05) is 7.05 Å². The van der Waals surface area contributed by atoms with Crippen LogP contribution in [0.1, 0.15) is 73.7 Å². The maximum Gasteiger partial charge on any atom is 0.270 e. The Balaban J connectivity index is 1.37. The van der Waals surface area contributed by atoms with Crippen molar-refractivity contribution in [3.8, 4) is 0 Å². The third kappa shape index (κ3) is 11.4. The van der Waals surface area contributed by atoms with Gasteiger partial charge < -0.3 is 16.0 Å². The average molecular weight is 455 g/mol. The smallest absolute Gasteiger partial charge is 0.270 e. The first kappa shape index (κ1) is 26.2. The minimum Gasteiger partial charge on any atom is -0.388 e. The van der Waals surface area contributed by atoms with Gasteiger partial charge in [0.2, 0.25) is 5.91 Å². The second-order valence-electron chi connectivity index (χ2n) is 8.41. The van der Waals surface area contributed by atoms with E-state index >= 15 is 0 Å². The summed E-state index contributed by atoms with van der Waals surface area (Å²) in [5, 5.41) is 8.78. The molecule has 0 saturated carbocycles. The van der Waals surface area contributed by atoms with Crippen LogP contribution < -0.4 is 26.7 Å². The van der Waals surface area contributed by atoms with Crippen LogP contribution in [0.15, 0.2) is 42.6 Å². The summed E-state index contributed by atoms with van der Waals surface area (Å²) in [5.41, 5.74) is 8.64. The molecule has 0 aliphatic carbocycles. The number of anilines is 2. The van der Waals surface area contributed by atoms with Crippen molar-refractivity contribution in [3.05, 3.63) is 53.7 Å². The van der Waals surface area contributed by atoms with Crippen molar-refractivity contribution in [1.82, 2.24) is 10.6 Å². The van der Waals surface area contributed by atoms with Gasteiger partial charge in [-0.25, -0.2) is 4.98 Å². The molecule has 0 aliphatic heterocycles. The number of hydrogen-bond acceptors (Lipinski definition) is 4. The molecule has 0 bridgehead atoms. The molecule has 0 fully saturated rings. The van der Waals surface area contributed by atoms with Gasteiger partial charge in [-0.15, -0.1) is 0 Å². The quantitative estimate of drug-likeness (QED) is 0.290. The molecule has 2 amide bonds. The third-order valence-electron chi connectivity index (χ3n) is 5.69. The first-order valence-corrected chi connectivity index (χ1v) is 12.2. The molecule has 1 aromatic carbocycles. The standard InChI is InChI=1S/C26H39N5O2/c1-28-23-15-12-21(13-16-23)10-8-6-4-2-3-5-7-9-11-25(32)29-18-19-30-26(33)22-14-17-24(27)31-20-22/h12-17,20,28H,2-11,18-19H2,1H3,(H2,27,31)(H,29,32)(H,30,33)/p+1. The molecule has 1 heterocycles. The number of hydrogen-bond donors (Lipinski definition) is 4. The maximum absolute atomic E-state index is 12.0. The summed E-state index contributed by atoms with van der Waals surface area (Å²) < 4.78 is 0. The van der Waals surface area contributed by atoms with E-state index in [-0.39, 0.29) is 11.8 Å². The second kappa shape index (κ2) is 15.7. The number of nitrogens with two attached hydrogens (primary N) is 1. The number of amides is 2. The zero-order chi connectivity index (χ0) is 23.7. The molecule has 6 N–H and O–H groups in total. The number of unbranched alkanes of at least 4 members (excludes halogenated alkanes) is 7. The fourth-order valence-corrected chi connectivity index (χ4v) is 3.66. The van der Waals surface area contributed by atoms with Crippen molar-refractivity contribution in [1.29, 1.82) is 0 Å². The van der Waals surface area contributed by atoms with Crippen LogP contribution in [0.5, 0.6) is 0 Å². The zero-order valence-corrected chi connectivity index (χ0v) is 19.9. The van der Waals surface area contributed by atoms with Crippen LogP contribution in [0.3, 0.4) is 0 Å². The highest BCUT2D eigenvalue weighted by Crippen LogP contribution is 2.14. The van der Waals surface area contributed by atoms with Crippen molar-refractivity contribution >= 4 is 23.3 Å². The van der Waals surface area contributed by atoms with Crippen LogP contribution >= 0.6 is 0 Å². The number of nitrogens with one attached hydrogen (secondary N) is 4. The zero-order valence-electron chi connectivity index (χ0n) is 19.9. The molecule has 0 radical (unpaired) electrons. The molecule has 1 aromatic heterocycles. The maximum atomic E-state index is 12.0. The van der Waals surface area contributed by atoms with Crippen LogP contribution in [0.2, 0.25) is 0 Å². The van der Waals surface area contributed by atoms with Crippen molar-refractivity contribution in [3.63, 3.8) is 0 Å². The Morgan fingerprint density at radius 2 is 1.45 bits per heavy atom. The van der Waals surface area contributed by atoms with Gasteiger partial charge in [0.05, 0.1) is 5.56 Å². The molecule has 7 nitrogen and oxygen atoms in total. The molecule has 0 atom stereocenters. The second-order valence-corrected chi connectivity index (χ2v) is 8.41. The summed E-state index contributed by atoms with van der Waals surface area (Å²) in [4.78, 5) is 26.7. The predicted octanol–water partition coefficient (Wildman–Crippen LogP) is 3.72. The van der Waals surface area contributed by atoms with Crippen molar-refractivity contribution in [2.24, 2.45) is 0 Å². The fraction of sp³-hybridized carbons (Fsp3) is 0.500. The van der Waals surface area contributed by atoms with Crippen LogP contribution in [-0.4, -0.2) is 32.0 Å². The fourth-order valence-electron chi connectivity index (χ4n) is 3.66. The first-order valence-electron chi connectivity index (χ1n) is 12.2. The van der Waals surface area contributed by atoms with E-state index in [0.29, 0.717) is 30.9 Å². The molecular weight excluding hydrogens is 414 g/mol. The van der Waals surface area contributed by atoms with E-state index in [0.717, 1.165) is 24.9 Å². The molecule has 0 spiro atoms. The number of carbonyl (C=O) groups excluding carboxylic acids is 2. The SMILES string of the molecule is CNc1ccc(CCCCCCCCCCC(=O)NCCNC(=O)c2ccc(N)[nH+]c2)cc1. The van der Waals surface area contributed by atoms with E-state index in [9.17, 15) is 9.59 Å². The molecule has 0 saturated heterocycles. The largest absolute Gasteiger partial charge is 0.388 e. The average Bonchev–Trinajstić information content (AvgIpc) is 2.83. The molecule has 180 valence electrons. The summed E-state index contributed by atoms with van der Waals surface area (Å²) in [5.74, 6) is 0.359. The van der Waals surface area contributed by atoms with Gasteiger partial charge in [0, 0.05) is 38.3 Å². The van der Waals surface area contributed by atoms with Crippen molar-refractivity contribution in [2.75, 3.05) is 31.2 Å². The van der Waals surface area contributed by atoms with Gasteiger partial charge in [-0.1, -0.05) is 50.7 Å². The Hall–Kier alpha value is -3.09. The van der Waals surface area contributed by atoms with Gasteiger partial charge in [-0.05, 0) is 43.0 Å². The number of nitrogen functional groups attached to an aromatic ring is 1. The number of rotatable bonds is 16. The van der Waals surface area contributed by atoms with Gasteiger partial charge in [-0.3, -0.25) is 15.3 Å². The number of pyridine rings is 1. The lowest BCUT2D eigenvalue weighted by atomic mass is 10.0. The number of aryl methyl sites for hydroxylation is 1. The Morgan fingerprint density at radius 1 is 0.818 bits per heavy atom. The minimum absolute atomic E-state index is 0.0489. The van der Waals surface area contributed by atoms with E-state index < -0.39 is 0 Å². The highest BCUT2D eigenvalue weighted by molar-refractivity contribution is 5.93. The summed E-state index contributed by atoms with van der Waals surface area (Å²) in [7, 11) is 1.94. The molecule has 2 aromatic rings. The first-order chi connectivity index (χ1) is 16.1. The Kier molecular flexibility index (Phi) is 12.4. The lowest BCUT2D eigenvalue weighted by Crippen LogP contribution is -2.35. The van der Waals surface area contributed by atoms with Crippen molar-refractivity contribution in [2.45, 2.75) is 64.2 Å². The number of aromatic amines is 1. The van der Waals surface area contributed by atoms with Crippen LogP contribution in [0.4, 0.5) is 11.5 Å². The normalized spacial score (nSPS) is 10.6. The number of aromatic nitrogens is 1. The summed E-state index contributed by atoms with van der Waals surface area (Å²) >= 11 is 0. The molecule has 7 heteroatoms. The molecular formula is C26H40N5O2+. The minimum atomic E-state index is -0.191. The number of benzene rings is 1. The number of H-pyrrole nitrogens is 1. The predicted molar refractivity (Wildman–Crippen MR) is 134 cm³/mol. The van der Waals surface area contributed by atoms with Gasteiger partial charge in [0.1, 0.15) is 6.20 Å².